The number of nitrogens with one attached hydrogen (secondary N) is 1. The molecule has 2 amide bonds. The Bertz CT molecular complexity index is 1150. The second-order valence-corrected chi connectivity index (χ2v) is 11.8. The standard InChI is InChI=1S/C27H37Cl2N3O4S/c1-5-20(3)30-27(34)24(6-2)31(18-16-21-11-8-7-9-12-21)26(33)13-10-17-32(37(4,35)36)25-19-22(28)14-15-23(25)29/h7-9,11-12,14-15,19-20,24H,5-6,10,13,16-18H2,1-4H3,(H,30,34)/t20-,24+/m1/s1. The van der Waals surface area contributed by atoms with Gasteiger partial charge in [0.2, 0.25) is 21.8 Å². The van der Waals surface area contributed by atoms with Gasteiger partial charge in [-0.2, -0.15) is 0 Å². The van der Waals surface area contributed by atoms with Crippen LogP contribution < -0.4 is 9.62 Å². The van der Waals surface area contributed by atoms with Crippen LogP contribution in [-0.2, 0) is 26.0 Å². The van der Waals surface area contributed by atoms with Gasteiger partial charge in [0, 0.05) is 30.6 Å². The first-order valence-electron chi connectivity index (χ1n) is 12.5. The lowest BCUT2D eigenvalue weighted by molar-refractivity contribution is -0.141. The minimum atomic E-state index is -3.67. The lowest BCUT2D eigenvalue weighted by Gasteiger charge is -2.32. The largest absolute Gasteiger partial charge is 0.352 e. The molecule has 7 nitrogen and oxygen atoms in total. The van der Waals surface area contributed by atoms with Crippen molar-refractivity contribution in [1.29, 1.82) is 0 Å². The molecular formula is C27H37Cl2N3O4S. The van der Waals surface area contributed by atoms with E-state index in [4.69, 9.17) is 23.2 Å². The molecule has 0 aliphatic rings. The van der Waals surface area contributed by atoms with E-state index >= 15 is 0 Å². The first-order chi connectivity index (χ1) is 17.5. The van der Waals surface area contributed by atoms with E-state index in [-0.39, 0.29) is 48.0 Å². The number of carbonyl (C=O) groups is 2. The minimum absolute atomic E-state index is 0.00149. The predicted octanol–water partition coefficient (Wildman–Crippen LogP) is 5.30. The molecule has 204 valence electrons. The van der Waals surface area contributed by atoms with E-state index in [1.54, 1.807) is 11.0 Å². The van der Waals surface area contributed by atoms with E-state index in [1.165, 1.54) is 12.1 Å². The Balaban J connectivity index is 2.20. The molecule has 0 heterocycles. The van der Waals surface area contributed by atoms with Gasteiger partial charge in [0.15, 0.2) is 0 Å². The molecule has 37 heavy (non-hydrogen) atoms. The molecule has 10 heteroatoms. The van der Waals surface area contributed by atoms with Gasteiger partial charge in [-0.25, -0.2) is 8.42 Å². The molecule has 0 fully saturated rings. The van der Waals surface area contributed by atoms with Gasteiger partial charge in [0.1, 0.15) is 6.04 Å². The van der Waals surface area contributed by atoms with Crippen LogP contribution in [0.25, 0.3) is 0 Å². The molecule has 2 rings (SSSR count). The normalized spacial score (nSPS) is 13.0. The zero-order chi connectivity index (χ0) is 27.6. The molecule has 0 aliphatic heterocycles. The first kappa shape index (κ1) is 30.9. The van der Waals surface area contributed by atoms with Crippen molar-refractivity contribution in [2.24, 2.45) is 0 Å². The number of hydrogen-bond donors (Lipinski definition) is 1. The third-order valence-electron chi connectivity index (χ3n) is 6.20. The first-order valence-corrected chi connectivity index (χ1v) is 15.1. The summed E-state index contributed by atoms with van der Waals surface area (Å²) in [4.78, 5) is 28.1. The average molecular weight is 571 g/mol. The van der Waals surface area contributed by atoms with Crippen molar-refractivity contribution in [3.63, 3.8) is 0 Å². The Morgan fingerprint density at radius 3 is 2.27 bits per heavy atom. The van der Waals surface area contributed by atoms with Crippen LogP contribution in [-0.4, -0.2) is 56.6 Å². The van der Waals surface area contributed by atoms with Crippen molar-refractivity contribution < 1.29 is 18.0 Å². The van der Waals surface area contributed by atoms with E-state index in [1.807, 2.05) is 51.1 Å². The third kappa shape index (κ3) is 9.51. The summed E-state index contributed by atoms with van der Waals surface area (Å²) in [7, 11) is -3.67. The smallest absolute Gasteiger partial charge is 0.243 e. The van der Waals surface area contributed by atoms with Crippen LogP contribution in [0.5, 0.6) is 0 Å². The molecule has 2 aromatic carbocycles. The number of carbonyl (C=O) groups excluding carboxylic acids is 2. The van der Waals surface area contributed by atoms with Crippen molar-refractivity contribution in [1.82, 2.24) is 10.2 Å². The maximum Gasteiger partial charge on any atom is 0.243 e. The second kappa shape index (κ2) is 14.6. The molecule has 2 atom stereocenters. The number of sulfonamides is 1. The van der Waals surface area contributed by atoms with Crippen LogP contribution >= 0.6 is 23.2 Å². The fourth-order valence-electron chi connectivity index (χ4n) is 4.00. The highest BCUT2D eigenvalue weighted by Crippen LogP contribution is 2.31. The Kier molecular flexibility index (Phi) is 12.2. The fourth-order valence-corrected chi connectivity index (χ4v) is 5.40. The highest BCUT2D eigenvalue weighted by molar-refractivity contribution is 7.92. The van der Waals surface area contributed by atoms with E-state index in [0.29, 0.717) is 24.4 Å². The number of amides is 2. The van der Waals surface area contributed by atoms with E-state index in [9.17, 15) is 18.0 Å². The summed E-state index contributed by atoms with van der Waals surface area (Å²) in [6, 6.07) is 13.8. The van der Waals surface area contributed by atoms with Crippen molar-refractivity contribution in [3.8, 4) is 0 Å². The number of anilines is 1. The average Bonchev–Trinajstić information content (AvgIpc) is 2.85. The molecule has 0 radical (unpaired) electrons. The molecule has 0 spiro atoms. The summed E-state index contributed by atoms with van der Waals surface area (Å²) >= 11 is 12.3. The molecule has 0 bridgehead atoms. The second-order valence-electron chi connectivity index (χ2n) is 9.10. The summed E-state index contributed by atoms with van der Waals surface area (Å²) in [6.45, 7) is 6.24. The highest BCUT2D eigenvalue weighted by Gasteiger charge is 2.29. The lowest BCUT2D eigenvalue weighted by Crippen LogP contribution is -2.51. The maximum atomic E-state index is 13.4. The molecule has 1 N–H and O–H groups in total. The van der Waals surface area contributed by atoms with E-state index in [0.717, 1.165) is 22.5 Å². The van der Waals surface area contributed by atoms with Crippen LogP contribution in [0.2, 0.25) is 10.0 Å². The van der Waals surface area contributed by atoms with Gasteiger partial charge in [-0.15, -0.1) is 0 Å². The number of halogens is 2. The summed E-state index contributed by atoms with van der Waals surface area (Å²) in [6.07, 6.45) is 3.27. The quantitative estimate of drug-likeness (QED) is 0.334. The van der Waals surface area contributed by atoms with Gasteiger partial charge >= 0.3 is 0 Å². The van der Waals surface area contributed by atoms with Gasteiger partial charge in [0.25, 0.3) is 0 Å². The molecule has 0 saturated heterocycles. The molecule has 0 aromatic heterocycles. The van der Waals surface area contributed by atoms with Crippen LogP contribution in [0.4, 0.5) is 5.69 Å². The topological polar surface area (TPSA) is 86.8 Å². The predicted molar refractivity (Wildman–Crippen MR) is 152 cm³/mol. The minimum Gasteiger partial charge on any atom is -0.352 e. The number of rotatable bonds is 14. The third-order valence-corrected chi connectivity index (χ3v) is 7.93. The molecule has 0 saturated carbocycles. The Hall–Kier alpha value is -2.29. The van der Waals surface area contributed by atoms with Gasteiger partial charge < -0.3 is 10.2 Å². The Morgan fingerprint density at radius 1 is 1.00 bits per heavy atom. The summed E-state index contributed by atoms with van der Waals surface area (Å²) in [5, 5.41) is 3.60. The SMILES string of the molecule is CC[C@@H](C)NC(=O)[C@H](CC)N(CCc1ccccc1)C(=O)CCCN(c1cc(Cl)ccc1Cl)S(C)(=O)=O. The van der Waals surface area contributed by atoms with E-state index < -0.39 is 16.1 Å². The number of hydrogen-bond acceptors (Lipinski definition) is 4. The molecule has 2 aromatic rings. The van der Waals surface area contributed by atoms with Crippen LogP contribution in [0.3, 0.4) is 0 Å². The number of nitrogens with zero attached hydrogens (tertiary/aromatic N) is 2. The van der Waals surface area contributed by atoms with Crippen molar-refractivity contribution in [2.75, 3.05) is 23.7 Å². The zero-order valence-electron chi connectivity index (χ0n) is 21.9. The molecule has 0 unspecified atom stereocenters. The van der Waals surface area contributed by atoms with Crippen LogP contribution in [0.1, 0.15) is 52.0 Å². The molecule has 0 aliphatic carbocycles. The van der Waals surface area contributed by atoms with Crippen LogP contribution in [0.15, 0.2) is 48.5 Å². The van der Waals surface area contributed by atoms with E-state index in [2.05, 4.69) is 5.32 Å². The van der Waals surface area contributed by atoms with Gasteiger partial charge in [-0.05, 0) is 56.4 Å². The van der Waals surface area contributed by atoms with Gasteiger partial charge in [-0.1, -0.05) is 67.4 Å². The summed E-state index contributed by atoms with van der Waals surface area (Å²) in [5.41, 5.74) is 1.33. The lowest BCUT2D eigenvalue weighted by atomic mass is 10.1. The Morgan fingerprint density at radius 2 is 1.68 bits per heavy atom. The monoisotopic (exact) mass is 569 g/mol. The maximum absolute atomic E-state index is 13.4. The van der Waals surface area contributed by atoms with Crippen molar-refractivity contribution in [3.05, 3.63) is 64.1 Å². The molecular weight excluding hydrogens is 533 g/mol. The van der Waals surface area contributed by atoms with Crippen molar-refractivity contribution >= 4 is 50.7 Å². The fraction of sp³-hybridized carbons (Fsp3) is 0.481. The number of benzene rings is 2. The van der Waals surface area contributed by atoms with Gasteiger partial charge in [0.05, 0.1) is 17.0 Å². The van der Waals surface area contributed by atoms with Crippen molar-refractivity contribution in [2.45, 2.75) is 65.0 Å². The zero-order valence-corrected chi connectivity index (χ0v) is 24.2. The Labute approximate surface area is 231 Å². The summed E-state index contributed by atoms with van der Waals surface area (Å²) in [5.74, 6) is -0.380. The van der Waals surface area contributed by atoms with Crippen LogP contribution in [0, 0.1) is 0 Å². The van der Waals surface area contributed by atoms with Gasteiger partial charge in [-0.3, -0.25) is 13.9 Å². The summed E-state index contributed by atoms with van der Waals surface area (Å²) < 4.78 is 26.2. The highest BCUT2D eigenvalue weighted by atomic mass is 35.5.